The van der Waals surface area contributed by atoms with Crippen LogP contribution in [0.15, 0.2) is 52.4 Å². The SMILES string of the molecule is CCN1C(=O)/C(=C/c2ccc(C)cc2)SC1=Nc1ccc(C(=O)O)c(O)c1. The van der Waals surface area contributed by atoms with Gasteiger partial charge in [-0.3, -0.25) is 9.69 Å². The van der Waals surface area contributed by atoms with E-state index in [0.717, 1.165) is 11.1 Å². The third-order valence-electron chi connectivity index (χ3n) is 4.02. The Morgan fingerprint density at radius 3 is 2.52 bits per heavy atom. The zero-order valence-electron chi connectivity index (χ0n) is 14.8. The van der Waals surface area contributed by atoms with Gasteiger partial charge in [-0.25, -0.2) is 9.79 Å². The van der Waals surface area contributed by atoms with Crippen molar-refractivity contribution in [2.45, 2.75) is 13.8 Å². The van der Waals surface area contributed by atoms with E-state index in [1.54, 1.807) is 4.90 Å². The fourth-order valence-electron chi connectivity index (χ4n) is 2.57. The molecule has 0 aliphatic carbocycles. The lowest BCUT2D eigenvalue weighted by molar-refractivity contribution is -0.122. The first-order chi connectivity index (χ1) is 12.9. The summed E-state index contributed by atoms with van der Waals surface area (Å²) in [5, 5.41) is 19.3. The Bertz CT molecular complexity index is 964. The third-order valence-corrected chi connectivity index (χ3v) is 5.02. The molecular formula is C20H18N2O4S. The van der Waals surface area contributed by atoms with Crippen molar-refractivity contribution in [2.75, 3.05) is 6.54 Å². The molecule has 2 aromatic rings. The van der Waals surface area contributed by atoms with E-state index in [0.29, 0.717) is 22.3 Å². The molecule has 0 bridgehead atoms. The van der Waals surface area contributed by atoms with Crippen molar-refractivity contribution >= 4 is 40.6 Å². The van der Waals surface area contributed by atoms with Gasteiger partial charge in [-0.15, -0.1) is 0 Å². The van der Waals surface area contributed by atoms with E-state index in [4.69, 9.17) is 5.11 Å². The van der Waals surface area contributed by atoms with Crippen LogP contribution in [-0.4, -0.2) is 38.7 Å². The van der Waals surface area contributed by atoms with Gasteiger partial charge in [0.15, 0.2) is 5.17 Å². The third kappa shape index (κ3) is 4.03. The molecule has 138 valence electrons. The second kappa shape index (κ2) is 7.67. The number of carbonyl (C=O) groups excluding carboxylic acids is 1. The quantitative estimate of drug-likeness (QED) is 0.780. The highest BCUT2D eigenvalue weighted by Gasteiger charge is 2.32. The molecule has 0 atom stereocenters. The maximum atomic E-state index is 12.6. The van der Waals surface area contributed by atoms with Crippen molar-refractivity contribution in [3.63, 3.8) is 0 Å². The number of carbonyl (C=O) groups is 2. The molecule has 1 saturated heterocycles. The van der Waals surface area contributed by atoms with Crippen LogP contribution in [0.3, 0.4) is 0 Å². The number of aryl methyl sites for hydroxylation is 1. The van der Waals surface area contributed by atoms with E-state index in [9.17, 15) is 14.7 Å². The molecule has 6 nitrogen and oxygen atoms in total. The van der Waals surface area contributed by atoms with Gasteiger partial charge in [-0.05, 0) is 49.4 Å². The number of benzene rings is 2. The Kier molecular flexibility index (Phi) is 5.32. The average molecular weight is 382 g/mol. The van der Waals surface area contributed by atoms with Gasteiger partial charge in [0.25, 0.3) is 5.91 Å². The Hall–Kier alpha value is -3.06. The number of hydrogen-bond donors (Lipinski definition) is 2. The lowest BCUT2D eigenvalue weighted by atomic mass is 10.1. The summed E-state index contributed by atoms with van der Waals surface area (Å²) in [5.74, 6) is -1.71. The normalized spacial score (nSPS) is 17.1. The monoisotopic (exact) mass is 382 g/mol. The Labute approximate surface area is 160 Å². The van der Waals surface area contributed by atoms with Gasteiger partial charge in [-0.1, -0.05) is 29.8 Å². The van der Waals surface area contributed by atoms with Crippen LogP contribution in [0.2, 0.25) is 0 Å². The molecule has 0 saturated carbocycles. The van der Waals surface area contributed by atoms with Crippen molar-refractivity contribution in [3.8, 4) is 5.75 Å². The molecule has 1 amide bonds. The van der Waals surface area contributed by atoms with E-state index in [1.165, 1.54) is 30.0 Å². The summed E-state index contributed by atoms with van der Waals surface area (Å²) >= 11 is 1.25. The molecule has 0 radical (unpaired) electrons. The van der Waals surface area contributed by atoms with Crippen LogP contribution in [0, 0.1) is 6.92 Å². The summed E-state index contributed by atoms with van der Waals surface area (Å²) in [6.45, 7) is 4.31. The first kappa shape index (κ1) is 18.7. The number of thioether (sulfide) groups is 1. The van der Waals surface area contributed by atoms with E-state index in [-0.39, 0.29) is 17.2 Å². The molecule has 1 fully saturated rings. The summed E-state index contributed by atoms with van der Waals surface area (Å²) in [5.41, 5.74) is 2.26. The van der Waals surface area contributed by atoms with E-state index in [1.807, 2.05) is 44.2 Å². The number of likely N-dealkylation sites (N-methyl/N-ethyl adjacent to an activating group) is 1. The number of nitrogens with zero attached hydrogens (tertiary/aromatic N) is 2. The van der Waals surface area contributed by atoms with E-state index >= 15 is 0 Å². The Balaban J connectivity index is 1.92. The van der Waals surface area contributed by atoms with Crippen LogP contribution in [-0.2, 0) is 4.79 Å². The van der Waals surface area contributed by atoms with Crippen LogP contribution in [0.5, 0.6) is 5.75 Å². The lowest BCUT2D eigenvalue weighted by Crippen LogP contribution is -2.28. The molecule has 27 heavy (non-hydrogen) atoms. The maximum Gasteiger partial charge on any atom is 0.339 e. The van der Waals surface area contributed by atoms with Gasteiger partial charge in [0.2, 0.25) is 0 Å². The van der Waals surface area contributed by atoms with Gasteiger partial charge in [-0.2, -0.15) is 0 Å². The molecule has 1 aliphatic heterocycles. The van der Waals surface area contributed by atoms with Crippen LogP contribution < -0.4 is 0 Å². The first-order valence-corrected chi connectivity index (χ1v) is 9.13. The zero-order chi connectivity index (χ0) is 19.6. The molecule has 2 N–H and O–H groups in total. The molecule has 2 aromatic carbocycles. The summed E-state index contributed by atoms with van der Waals surface area (Å²) in [6, 6.07) is 11.9. The smallest absolute Gasteiger partial charge is 0.339 e. The number of carboxylic acids is 1. The number of rotatable bonds is 4. The van der Waals surface area contributed by atoms with Gasteiger partial charge in [0.05, 0.1) is 10.6 Å². The minimum atomic E-state index is -1.21. The average Bonchev–Trinajstić information content (AvgIpc) is 2.91. The fraction of sp³-hybridized carbons (Fsp3) is 0.150. The molecule has 0 unspecified atom stereocenters. The summed E-state index contributed by atoms with van der Waals surface area (Å²) in [4.78, 5) is 30.2. The van der Waals surface area contributed by atoms with E-state index in [2.05, 4.69) is 4.99 Å². The highest BCUT2D eigenvalue weighted by molar-refractivity contribution is 8.18. The highest BCUT2D eigenvalue weighted by atomic mass is 32.2. The van der Waals surface area contributed by atoms with Crippen molar-refractivity contribution in [1.82, 2.24) is 4.90 Å². The largest absolute Gasteiger partial charge is 0.507 e. The van der Waals surface area contributed by atoms with Crippen molar-refractivity contribution in [2.24, 2.45) is 4.99 Å². The standard InChI is InChI=1S/C20H18N2O4S/c1-3-22-18(24)17(10-13-6-4-12(2)5-7-13)27-20(22)21-14-8-9-15(19(25)26)16(23)11-14/h4-11,23H,3H2,1-2H3,(H,25,26)/b17-10-,21-20?. The van der Waals surface area contributed by atoms with Crippen LogP contribution in [0.1, 0.15) is 28.4 Å². The molecular weight excluding hydrogens is 364 g/mol. The molecule has 1 aliphatic rings. The van der Waals surface area contributed by atoms with Gasteiger partial charge in [0, 0.05) is 12.6 Å². The molecule has 3 rings (SSSR count). The summed E-state index contributed by atoms with van der Waals surface area (Å²) in [6.07, 6.45) is 1.82. The summed E-state index contributed by atoms with van der Waals surface area (Å²) in [7, 11) is 0. The van der Waals surface area contributed by atoms with Crippen LogP contribution >= 0.6 is 11.8 Å². The first-order valence-electron chi connectivity index (χ1n) is 8.32. The number of aromatic carboxylic acids is 1. The lowest BCUT2D eigenvalue weighted by Gasteiger charge is -2.12. The van der Waals surface area contributed by atoms with Gasteiger partial charge in [0.1, 0.15) is 11.3 Å². The molecule has 7 heteroatoms. The maximum absolute atomic E-state index is 12.6. The topological polar surface area (TPSA) is 90.2 Å². The number of phenols is 1. The van der Waals surface area contributed by atoms with Crippen molar-refractivity contribution < 1.29 is 19.8 Å². The van der Waals surface area contributed by atoms with Gasteiger partial charge < -0.3 is 10.2 Å². The van der Waals surface area contributed by atoms with Gasteiger partial charge >= 0.3 is 5.97 Å². The van der Waals surface area contributed by atoms with E-state index < -0.39 is 5.97 Å². The van der Waals surface area contributed by atoms with Crippen LogP contribution in [0.25, 0.3) is 6.08 Å². The zero-order valence-corrected chi connectivity index (χ0v) is 15.7. The molecule has 0 spiro atoms. The predicted octanol–water partition coefficient (Wildman–Crippen LogP) is 4.02. The number of aromatic hydroxyl groups is 1. The Morgan fingerprint density at radius 2 is 1.93 bits per heavy atom. The number of hydrogen-bond acceptors (Lipinski definition) is 5. The minimum absolute atomic E-state index is 0.131. The van der Waals surface area contributed by atoms with Crippen LogP contribution in [0.4, 0.5) is 5.69 Å². The molecule has 1 heterocycles. The second-order valence-electron chi connectivity index (χ2n) is 5.97. The number of aliphatic imine (C=N–C) groups is 1. The Morgan fingerprint density at radius 1 is 1.22 bits per heavy atom. The highest BCUT2D eigenvalue weighted by Crippen LogP contribution is 2.34. The number of amidine groups is 1. The second-order valence-corrected chi connectivity index (χ2v) is 6.98. The number of carboxylic acid groups (broad SMARTS) is 1. The predicted molar refractivity (Wildman–Crippen MR) is 106 cm³/mol. The minimum Gasteiger partial charge on any atom is -0.507 e. The number of amides is 1. The van der Waals surface area contributed by atoms with Crippen molar-refractivity contribution in [1.29, 1.82) is 0 Å². The summed E-state index contributed by atoms with van der Waals surface area (Å²) < 4.78 is 0. The molecule has 0 aromatic heterocycles. The van der Waals surface area contributed by atoms with Crippen molar-refractivity contribution in [3.05, 3.63) is 64.1 Å². The fourth-order valence-corrected chi connectivity index (χ4v) is 3.63.